The normalized spacial score (nSPS) is 17.2. The van der Waals surface area contributed by atoms with Crippen molar-refractivity contribution in [2.24, 2.45) is 0 Å². The second-order valence-electron chi connectivity index (χ2n) is 3.80. The molecule has 0 fully saturated rings. The van der Waals surface area contributed by atoms with Crippen LogP contribution in [0.1, 0.15) is 20.3 Å². The number of hydrogen-bond donors (Lipinski definition) is 1. The number of allylic oxidation sites excluding steroid dienone is 3. The minimum atomic E-state index is -0.854. The molecular formula is C10H12O4. The largest absolute Gasteiger partial charge is 0.290 e. The van der Waals surface area contributed by atoms with Gasteiger partial charge in [-0.05, 0) is 32.1 Å². The SMILES string of the molecule is CC(C)(CC1=CC(=O)C=CC1=O)OO. The van der Waals surface area contributed by atoms with Crippen LogP contribution in [0.4, 0.5) is 0 Å². The van der Waals surface area contributed by atoms with E-state index in [0.29, 0.717) is 5.57 Å². The fraction of sp³-hybridized carbons (Fsp3) is 0.400. The third-order valence-electron chi connectivity index (χ3n) is 1.90. The molecule has 0 saturated heterocycles. The van der Waals surface area contributed by atoms with Crippen LogP contribution in [0.3, 0.4) is 0 Å². The summed E-state index contributed by atoms with van der Waals surface area (Å²) < 4.78 is 0. The van der Waals surface area contributed by atoms with E-state index in [9.17, 15) is 9.59 Å². The molecule has 1 rings (SSSR count). The van der Waals surface area contributed by atoms with Crippen LogP contribution in [0.2, 0.25) is 0 Å². The molecule has 1 aliphatic carbocycles. The number of rotatable bonds is 3. The molecule has 0 heterocycles. The highest BCUT2D eigenvalue weighted by Crippen LogP contribution is 2.21. The van der Waals surface area contributed by atoms with Crippen LogP contribution in [0.5, 0.6) is 0 Å². The first-order valence-corrected chi connectivity index (χ1v) is 4.24. The topological polar surface area (TPSA) is 63.6 Å². The van der Waals surface area contributed by atoms with Crippen molar-refractivity contribution >= 4 is 11.6 Å². The van der Waals surface area contributed by atoms with Crippen molar-refractivity contribution in [3.8, 4) is 0 Å². The Hall–Kier alpha value is -1.26. The molecule has 14 heavy (non-hydrogen) atoms. The summed E-state index contributed by atoms with van der Waals surface area (Å²) in [6, 6.07) is 0. The highest BCUT2D eigenvalue weighted by molar-refractivity contribution is 6.17. The van der Waals surface area contributed by atoms with Gasteiger partial charge < -0.3 is 0 Å². The Morgan fingerprint density at radius 3 is 2.57 bits per heavy atom. The predicted octanol–water partition coefficient (Wildman–Crippen LogP) is 1.28. The fourth-order valence-corrected chi connectivity index (χ4v) is 1.18. The molecule has 0 spiro atoms. The molecule has 0 saturated carbocycles. The number of hydrogen-bond acceptors (Lipinski definition) is 4. The summed E-state index contributed by atoms with van der Waals surface area (Å²) in [6.45, 7) is 3.26. The Labute approximate surface area is 81.8 Å². The monoisotopic (exact) mass is 196 g/mol. The molecule has 0 aromatic carbocycles. The van der Waals surface area contributed by atoms with Crippen LogP contribution in [0.25, 0.3) is 0 Å². The van der Waals surface area contributed by atoms with Crippen molar-refractivity contribution in [1.82, 2.24) is 0 Å². The van der Waals surface area contributed by atoms with Crippen molar-refractivity contribution in [2.75, 3.05) is 0 Å². The van der Waals surface area contributed by atoms with Gasteiger partial charge in [0.25, 0.3) is 0 Å². The van der Waals surface area contributed by atoms with E-state index in [1.807, 2.05) is 0 Å². The van der Waals surface area contributed by atoms with Crippen molar-refractivity contribution in [2.45, 2.75) is 25.9 Å². The third kappa shape index (κ3) is 2.61. The van der Waals surface area contributed by atoms with E-state index >= 15 is 0 Å². The van der Waals surface area contributed by atoms with Crippen molar-refractivity contribution in [1.29, 1.82) is 0 Å². The minimum Gasteiger partial charge on any atom is -0.290 e. The molecule has 0 unspecified atom stereocenters. The van der Waals surface area contributed by atoms with Crippen molar-refractivity contribution in [3.63, 3.8) is 0 Å². The first-order chi connectivity index (χ1) is 6.44. The Morgan fingerprint density at radius 1 is 1.36 bits per heavy atom. The van der Waals surface area contributed by atoms with Gasteiger partial charge in [0.1, 0.15) is 5.60 Å². The first kappa shape index (κ1) is 10.8. The van der Waals surface area contributed by atoms with Crippen LogP contribution in [-0.4, -0.2) is 22.4 Å². The zero-order valence-electron chi connectivity index (χ0n) is 8.11. The van der Waals surface area contributed by atoms with E-state index in [-0.39, 0.29) is 18.0 Å². The van der Waals surface area contributed by atoms with Gasteiger partial charge >= 0.3 is 0 Å². The molecule has 4 heteroatoms. The van der Waals surface area contributed by atoms with Gasteiger partial charge in [0.05, 0.1) is 0 Å². The van der Waals surface area contributed by atoms with Gasteiger partial charge in [0.15, 0.2) is 11.6 Å². The van der Waals surface area contributed by atoms with E-state index in [2.05, 4.69) is 4.89 Å². The zero-order valence-corrected chi connectivity index (χ0v) is 8.11. The lowest BCUT2D eigenvalue weighted by Crippen LogP contribution is -2.26. The Balaban J connectivity index is 2.79. The summed E-state index contributed by atoms with van der Waals surface area (Å²) in [5, 5.41) is 8.54. The maximum absolute atomic E-state index is 11.3. The van der Waals surface area contributed by atoms with Gasteiger partial charge in [-0.15, -0.1) is 0 Å². The summed E-state index contributed by atoms with van der Waals surface area (Å²) in [6.07, 6.45) is 3.92. The first-order valence-electron chi connectivity index (χ1n) is 4.24. The standard InChI is InChI=1S/C10H12O4/c1-10(2,14-13)6-7-5-8(11)3-4-9(7)12/h3-5,13H,6H2,1-2H3. The van der Waals surface area contributed by atoms with E-state index < -0.39 is 5.60 Å². The lowest BCUT2D eigenvalue weighted by atomic mass is 9.92. The molecule has 0 aromatic rings. The summed E-state index contributed by atoms with van der Waals surface area (Å²) in [5.41, 5.74) is -0.496. The maximum atomic E-state index is 11.3. The Bertz CT molecular complexity index is 323. The molecule has 0 aromatic heterocycles. The number of carbonyl (C=O) groups is 2. The minimum absolute atomic E-state index is 0.207. The van der Waals surface area contributed by atoms with Crippen molar-refractivity contribution < 1.29 is 19.7 Å². The molecule has 0 aliphatic heterocycles. The van der Waals surface area contributed by atoms with E-state index in [1.54, 1.807) is 13.8 Å². The lowest BCUT2D eigenvalue weighted by Gasteiger charge is -2.21. The van der Waals surface area contributed by atoms with Crippen molar-refractivity contribution in [3.05, 3.63) is 23.8 Å². The highest BCUT2D eigenvalue weighted by Gasteiger charge is 2.24. The van der Waals surface area contributed by atoms with Gasteiger partial charge in [-0.3, -0.25) is 14.8 Å². The molecular weight excluding hydrogens is 184 g/mol. The molecule has 1 N–H and O–H groups in total. The second kappa shape index (κ2) is 3.86. The molecule has 0 atom stereocenters. The van der Waals surface area contributed by atoms with Crippen LogP contribution < -0.4 is 0 Å². The summed E-state index contributed by atoms with van der Waals surface area (Å²) in [7, 11) is 0. The van der Waals surface area contributed by atoms with Gasteiger partial charge in [-0.25, -0.2) is 4.89 Å². The average Bonchev–Trinajstić information content (AvgIpc) is 2.11. The molecule has 76 valence electrons. The van der Waals surface area contributed by atoms with Gasteiger partial charge in [-0.2, -0.15) is 0 Å². The highest BCUT2D eigenvalue weighted by atomic mass is 17.1. The maximum Gasteiger partial charge on any atom is 0.182 e. The van der Waals surface area contributed by atoms with Crippen LogP contribution in [-0.2, 0) is 14.5 Å². The molecule has 4 nitrogen and oxygen atoms in total. The second-order valence-corrected chi connectivity index (χ2v) is 3.80. The van der Waals surface area contributed by atoms with E-state index in [0.717, 1.165) is 0 Å². The molecule has 1 aliphatic rings. The van der Waals surface area contributed by atoms with Gasteiger partial charge in [0, 0.05) is 12.0 Å². The zero-order chi connectivity index (χ0) is 10.8. The quantitative estimate of drug-likeness (QED) is 0.419. The molecule has 0 bridgehead atoms. The fourth-order valence-electron chi connectivity index (χ4n) is 1.18. The number of ketones is 2. The van der Waals surface area contributed by atoms with Gasteiger partial charge in [0.2, 0.25) is 0 Å². The van der Waals surface area contributed by atoms with E-state index in [1.165, 1.54) is 18.2 Å². The van der Waals surface area contributed by atoms with Crippen LogP contribution in [0, 0.1) is 0 Å². The average molecular weight is 196 g/mol. The predicted molar refractivity (Wildman–Crippen MR) is 49.6 cm³/mol. The third-order valence-corrected chi connectivity index (χ3v) is 1.90. The summed E-state index contributed by atoms with van der Waals surface area (Å²) >= 11 is 0. The Morgan fingerprint density at radius 2 is 2.00 bits per heavy atom. The lowest BCUT2D eigenvalue weighted by molar-refractivity contribution is -0.311. The van der Waals surface area contributed by atoms with E-state index in [4.69, 9.17) is 5.26 Å². The van der Waals surface area contributed by atoms with Crippen LogP contribution >= 0.6 is 0 Å². The summed E-state index contributed by atoms with van der Waals surface area (Å²) in [5.74, 6) is -0.428. The number of carbonyl (C=O) groups excluding carboxylic acids is 2. The molecule has 0 radical (unpaired) electrons. The summed E-state index contributed by atoms with van der Waals surface area (Å²) in [4.78, 5) is 26.5. The Kier molecular flexibility index (Phi) is 2.98. The molecule has 0 amide bonds. The van der Waals surface area contributed by atoms with Gasteiger partial charge in [-0.1, -0.05) is 0 Å². The smallest absolute Gasteiger partial charge is 0.182 e. The van der Waals surface area contributed by atoms with Crippen LogP contribution in [0.15, 0.2) is 23.8 Å².